The van der Waals surface area contributed by atoms with Crippen LogP contribution >= 0.6 is 0 Å². The molecule has 0 heterocycles. The largest absolute Gasteiger partial charge is 0.478 e. The van der Waals surface area contributed by atoms with Crippen LogP contribution in [0.15, 0.2) is 60.7 Å². The van der Waals surface area contributed by atoms with Gasteiger partial charge in [-0.05, 0) is 58.7 Å². The lowest BCUT2D eigenvalue weighted by molar-refractivity contribution is 0.0687. The van der Waals surface area contributed by atoms with Gasteiger partial charge in [0.2, 0.25) is 0 Å². The molecule has 6 heteroatoms. The molecule has 3 rings (SSSR count). The summed E-state index contributed by atoms with van der Waals surface area (Å²) in [6.07, 6.45) is 0. The van der Waals surface area contributed by atoms with E-state index in [1.54, 1.807) is 36.4 Å². The SMILES string of the molecule is Nc1ccc(C(=O)O)c(-c2ccc(-c3cc(N)ccc3C(=O)O)cc2)c1. The maximum atomic E-state index is 11.4. The molecule has 0 spiro atoms. The van der Waals surface area contributed by atoms with Gasteiger partial charge in [-0.15, -0.1) is 0 Å². The maximum absolute atomic E-state index is 11.4. The Labute approximate surface area is 149 Å². The average molecular weight is 348 g/mol. The summed E-state index contributed by atoms with van der Waals surface area (Å²) >= 11 is 0. The van der Waals surface area contributed by atoms with Crippen LogP contribution < -0.4 is 11.5 Å². The van der Waals surface area contributed by atoms with Crippen molar-refractivity contribution in [2.75, 3.05) is 11.5 Å². The average Bonchev–Trinajstić information content (AvgIpc) is 2.61. The van der Waals surface area contributed by atoms with Crippen LogP contribution in [0.1, 0.15) is 20.7 Å². The minimum Gasteiger partial charge on any atom is -0.478 e. The molecular weight excluding hydrogens is 332 g/mol. The van der Waals surface area contributed by atoms with Crippen molar-refractivity contribution in [3.8, 4) is 22.3 Å². The monoisotopic (exact) mass is 348 g/mol. The van der Waals surface area contributed by atoms with E-state index in [0.29, 0.717) is 33.6 Å². The Bertz CT molecular complexity index is 928. The van der Waals surface area contributed by atoms with E-state index in [1.165, 1.54) is 24.3 Å². The lowest BCUT2D eigenvalue weighted by Crippen LogP contribution is -2.01. The van der Waals surface area contributed by atoms with Gasteiger partial charge in [-0.3, -0.25) is 0 Å². The molecule has 0 atom stereocenters. The second-order valence-corrected chi connectivity index (χ2v) is 5.80. The van der Waals surface area contributed by atoms with E-state index in [0.717, 1.165) is 0 Å². The molecule has 0 saturated carbocycles. The van der Waals surface area contributed by atoms with Gasteiger partial charge in [0.15, 0.2) is 0 Å². The molecule has 0 fully saturated rings. The van der Waals surface area contributed by atoms with E-state index in [1.807, 2.05) is 0 Å². The molecule has 0 bridgehead atoms. The molecule has 0 radical (unpaired) electrons. The highest BCUT2D eigenvalue weighted by molar-refractivity contribution is 5.98. The van der Waals surface area contributed by atoms with Crippen molar-refractivity contribution >= 4 is 23.3 Å². The summed E-state index contributed by atoms with van der Waals surface area (Å²) < 4.78 is 0. The Morgan fingerprint density at radius 3 is 1.27 bits per heavy atom. The van der Waals surface area contributed by atoms with Crippen LogP contribution in [0.5, 0.6) is 0 Å². The molecule has 6 N–H and O–H groups in total. The number of aromatic carboxylic acids is 2. The van der Waals surface area contributed by atoms with E-state index >= 15 is 0 Å². The summed E-state index contributed by atoms with van der Waals surface area (Å²) in [5.74, 6) is -2.10. The van der Waals surface area contributed by atoms with E-state index < -0.39 is 11.9 Å². The molecule has 0 saturated heterocycles. The number of carboxylic acids is 2. The number of anilines is 2. The van der Waals surface area contributed by atoms with Crippen molar-refractivity contribution < 1.29 is 19.8 Å². The Kier molecular flexibility index (Phi) is 4.33. The van der Waals surface area contributed by atoms with Crippen LogP contribution in [0.3, 0.4) is 0 Å². The van der Waals surface area contributed by atoms with Crippen molar-refractivity contribution in [1.82, 2.24) is 0 Å². The molecule has 0 aliphatic heterocycles. The quantitative estimate of drug-likeness (QED) is 0.534. The molecule has 0 unspecified atom stereocenters. The lowest BCUT2D eigenvalue weighted by Gasteiger charge is -2.11. The number of nitrogens with two attached hydrogens (primary N) is 2. The molecule has 0 aliphatic rings. The number of carbonyl (C=O) groups is 2. The second kappa shape index (κ2) is 6.60. The Morgan fingerprint density at radius 1 is 0.615 bits per heavy atom. The van der Waals surface area contributed by atoms with Crippen molar-refractivity contribution in [2.24, 2.45) is 0 Å². The fourth-order valence-electron chi connectivity index (χ4n) is 2.80. The van der Waals surface area contributed by atoms with E-state index in [9.17, 15) is 19.8 Å². The number of carboxylic acid groups (broad SMARTS) is 2. The molecule has 0 aromatic heterocycles. The third-order valence-corrected chi connectivity index (χ3v) is 4.05. The predicted molar refractivity (Wildman–Crippen MR) is 100 cm³/mol. The zero-order chi connectivity index (χ0) is 18.8. The molecule has 6 nitrogen and oxygen atoms in total. The first-order chi connectivity index (χ1) is 12.4. The summed E-state index contributed by atoms with van der Waals surface area (Å²) in [5, 5.41) is 18.7. The van der Waals surface area contributed by atoms with Gasteiger partial charge in [0.25, 0.3) is 0 Å². The minimum atomic E-state index is -1.05. The molecule has 3 aromatic rings. The fraction of sp³-hybridized carbons (Fsp3) is 0. The summed E-state index contributed by atoms with van der Waals surface area (Å²) in [6, 6.07) is 16.1. The number of hydrogen-bond donors (Lipinski definition) is 4. The van der Waals surface area contributed by atoms with Crippen molar-refractivity contribution in [2.45, 2.75) is 0 Å². The highest BCUT2D eigenvalue weighted by atomic mass is 16.4. The van der Waals surface area contributed by atoms with Crippen molar-refractivity contribution in [1.29, 1.82) is 0 Å². The van der Waals surface area contributed by atoms with E-state index in [-0.39, 0.29) is 11.1 Å². The maximum Gasteiger partial charge on any atom is 0.336 e. The van der Waals surface area contributed by atoms with E-state index in [2.05, 4.69) is 0 Å². The van der Waals surface area contributed by atoms with Crippen molar-refractivity contribution in [3.05, 3.63) is 71.8 Å². The second-order valence-electron chi connectivity index (χ2n) is 5.80. The standard InChI is InChI=1S/C20H16N2O4/c21-13-5-7-15(19(23)24)17(9-13)11-1-2-12(4-3-11)18-10-14(22)6-8-16(18)20(25)26/h1-10H,21-22H2,(H,23,24)(H,25,26). The molecule has 3 aromatic carbocycles. The van der Waals surface area contributed by atoms with Gasteiger partial charge in [-0.1, -0.05) is 24.3 Å². The zero-order valence-corrected chi connectivity index (χ0v) is 13.6. The summed E-state index contributed by atoms with van der Waals surface area (Å²) in [5.41, 5.74) is 15.1. The Hall–Kier alpha value is -3.80. The highest BCUT2D eigenvalue weighted by Crippen LogP contribution is 2.31. The molecule has 0 amide bonds. The van der Waals surface area contributed by atoms with Crippen LogP contribution in [0.4, 0.5) is 11.4 Å². The highest BCUT2D eigenvalue weighted by Gasteiger charge is 2.14. The van der Waals surface area contributed by atoms with Crippen LogP contribution in [0.25, 0.3) is 22.3 Å². The molecular formula is C20H16N2O4. The third kappa shape index (κ3) is 3.21. The van der Waals surface area contributed by atoms with Gasteiger partial charge < -0.3 is 21.7 Å². The topological polar surface area (TPSA) is 127 Å². The Morgan fingerprint density at radius 2 is 0.962 bits per heavy atom. The molecule has 130 valence electrons. The number of rotatable bonds is 4. The summed E-state index contributed by atoms with van der Waals surface area (Å²) in [7, 11) is 0. The normalized spacial score (nSPS) is 10.5. The van der Waals surface area contributed by atoms with Gasteiger partial charge in [-0.2, -0.15) is 0 Å². The van der Waals surface area contributed by atoms with Crippen molar-refractivity contribution in [3.63, 3.8) is 0 Å². The summed E-state index contributed by atoms with van der Waals surface area (Å²) in [4.78, 5) is 22.9. The van der Waals surface area contributed by atoms with Gasteiger partial charge in [0.05, 0.1) is 11.1 Å². The molecule has 26 heavy (non-hydrogen) atoms. The van der Waals surface area contributed by atoms with Gasteiger partial charge in [-0.25, -0.2) is 9.59 Å². The van der Waals surface area contributed by atoms with E-state index in [4.69, 9.17) is 11.5 Å². The predicted octanol–water partition coefficient (Wildman–Crippen LogP) is 3.58. The van der Waals surface area contributed by atoms with Crippen LogP contribution in [-0.2, 0) is 0 Å². The van der Waals surface area contributed by atoms with Gasteiger partial charge >= 0.3 is 11.9 Å². The Balaban J connectivity index is 2.09. The zero-order valence-electron chi connectivity index (χ0n) is 13.6. The first kappa shape index (κ1) is 17.0. The van der Waals surface area contributed by atoms with Gasteiger partial charge in [0.1, 0.15) is 0 Å². The van der Waals surface area contributed by atoms with Gasteiger partial charge in [0, 0.05) is 11.4 Å². The minimum absolute atomic E-state index is 0.141. The van der Waals surface area contributed by atoms with Crippen LogP contribution in [0.2, 0.25) is 0 Å². The number of hydrogen-bond acceptors (Lipinski definition) is 4. The fourth-order valence-corrected chi connectivity index (χ4v) is 2.80. The number of benzene rings is 3. The smallest absolute Gasteiger partial charge is 0.336 e. The molecule has 0 aliphatic carbocycles. The van der Waals surface area contributed by atoms with Crippen LogP contribution in [0, 0.1) is 0 Å². The first-order valence-electron chi connectivity index (χ1n) is 7.73. The lowest BCUT2D eigenvalue weighted by atomic mass is 9.94. The first-order valence-corrected chi connectivity index (χ1v) is 7.73. The van der Waals surface area contributed by atoms with Crippen LogP contribution in [-0.4, -0.2) is 22.2 Å². The summed E-state index contributed by atoms with van der Waals surface area (Å²) in [6.45, 7) is 0. The number of nitrogen functional groups attached to an aromatic ring is 2. The third-order valence-electron chi connectivity index (χ3n) is 4.05.